The quantitative estimate of drug-likeness (QED) is 0.314. The number of nitrogens with one attached hydrogen (secondary N) is 1. The molecule has 1 saturated heterocycles. The summed E-state index contributed by atoms with van der Waals surface area (Å²) in [6.07, 6.45) is -1.07. The van der Waals surface area contributed by atoms with E-state index >= 15 is 0 Å². The molecule has 154 valence electrons. The number of ether oxygens (including phenoxy) is 2. The van der Waals surface area contributed by atoms with E-state index in [1.807, 2.05) is 72.8 Å². The van der Waals surface area contributed by atoms with Crippen LogP contribution in [0.3, 0.4) is 0 Å². The standard InChI is InChI=1S/C25H18BrNO4/c1-30-17-10-7-15(8-11-17)23-24(31-23)22(28)21-20(14-5-3-2-4-6-14)18-13-16(26)9-12-19(18)27-25(21)29/h2-13,23-24H,1H3,(H,27,29)/t23-,24+/m1/s1. The Labute approximate surface area is 186 Å². The van der Waals surface area contributed by atoms with Crippen LogP contribution in [0.5, 0.6) is 5.75 Å². The van der Waals surface area contributed by atoms with E-state index in [4.69, 9.17) is 9.47 Å². The number of carbonyl (C=O) groups is 1. The number of benzene rings is 3. The number of halogens is 1. The SMILES string of the molecule is COc1ccc([C@H]2O[C@H]2C(=O)c2c(-c3ccccc3)c3cc(Br)ccc3[nH]c2=O)cc1. The zero-order chi connectivity index (χ0) is 21.5. The van der Waals surface area contributed by atoms with E-state index in [9.17, 15) is 9.59 Å². The summed E-state index contributed by atoms with van der Waals surface area (Å²) in [5, 5.41) is 0.796. The number of hydrogen-bond donors (Lipinski definition) is 1. The van der Waals surface area contributed by atoms with E-state index in [0.717, 1.165) is 26.7 Å². The largest absolute Gasteiger partial charge is 0.497 e. The van der Waals surface area contributed by atoms with Crippen LogP contribution in [0.2, 0.25) is 0 Å². The van der Waals surface area contributed by atoms with E-state index in [1.165, 1.54) is 0 Å². The molecule has 1 aliphatic heterocycles. The molecule has 3 aromatic carbocycles. The summed E-state index contributed by atoms with van der Waals surface area (Å²) in [5.74, 6) is 0.415. The summed E-state index contributed by atoms with van der Waals surface area (Å²) in [6, 6.07) is 22.5. The van der Waals surface area contributed by atoms with Gasteiger partial charge in [0, 0.05) is 20.9 Å². The number of H-pyrrole nitrogens is 1. The van der Waals surface area contributed by atoms with Crippen LogP contribution in [0.4, 0.5) is 0 Å². The molecule has 6 heteroatoms. The van der Waals surface area contributed by atoms with Crippen molar-refractivity contribution < 1.29 is 14.3 Å². The Hall–Kier alpha value is -3.22. The lowest BCUT2D eigenvalue weighted by atomic mass is 9.92. The second-order valence-electron chi connectivity index (χ2n) is 7.37. The molecule has 31 heavy (non-hydrogen) atoms. The third-order valence-electron chi connectivity index (χ3n) is 5.48. The van der Waals surface area contributed by atoms with E-state index in [0.29, 0.717) is 11.1 Å². The maximum absolute atomic E-state index is 13.5. The Balaban J connectivity index is 1.62. The summed E-state index contributed by atoms with van der Waals surface area (Å²) < 4.78 is 11.8. The van der Waals surface area contributed by atoms with E-state index in [-0.39, 0.29) is 17.5 Å². The zero-order valence-corrected chi connectivity index (χ0v) is 18.2. The smallest absolute Gasteiger partial charge is 0.260 e. The van der Waals surface area contributed by atoms with Gasteiger partial charge >= 0.3 is 0 Å². The summed E-state index contributed by atoms with van der Waals surface area (Å²) >= 11 is 3.50. The van der Waals surface area contributed by atoms with Gasteiger partial charge in [0.2, 0.25) is 5.78 Å². The van der Waals surface area contributed by atoms with Crippen molar-refractivity contribution in [1.29, 1.82) is 0 Å². The van der Waals surface area contributed by atoms with Gasteiger partial charge in [0.1, 0.15) is 11.9 Å². The minimum absolute atomic E-state index is 0.123. The highest BCUT2D eigenvalue weighted by atomic mass is 79.9. The fourth-order valence-electron chi connectivity index (χ4n) is 3.91. The summed E-state index contributed by atoms with van der Waals surface area (Å²) in [4.78, 5) is 29.4. The monoisotopic (exact) mass is 475 g/mol. The van der Waals surface area contributed by atoms with Gasteiger partial charge in [-0.15, -0.1) is 0 Å². The number of epoxide rings is 1. The third-order valence-corrected chi connectivity index (χ3v) is 5.97. The number of aromatic nitrogens is 1. The van der Waals surface area contributed by atoms with Crippen molar-refractivity contribution in [3.8, 4) is 16.9 Å². The van der Waals surface area contributed by atoms with Gasteiger partial charge in [-0.2, -0.15) is 0 Å². The number of carbonyl (C=O) groups excluding carboxylic acids is 1. The minimum atomic E-state index is -0.693. The number of Topliss-reactive ketones (excluding diaryl/α,β-unsaturated/α-hetero) is 1. The maximum Gasteiger partial charge on any atom is 0.260 e. The molecule has 0 radical (unpaired) electrons. The molecule has 0 unspecified atom stereocenters. The number of rotatable bonds is 5. The normalized spacial score (nSPS) is 17.5. The highest BCUT2D eigenvalue weighted by molar-refractivity contribution is 9.10. The molecular formula is C25H18BrNO4. The molecular weight excluding hydrogens is 458 g/mol. The molecule has 0 spiro atoms. The zero-order valence-electron chi connectivity index (χ0n) is 16.6. The number of hydrogen-bond acceptors (Lipinski definition) is 4. The van der Waals surface area contributed by atoms with Crippen LogP contribution in [0, 0.1) is 0 Å². The summed E-state index contributed by atoms with van der Waals surface area (Å²) in [7, 11) is 1.60. The fraction of sp³-hybridized carbons (Fsp3) is 0.120. The van der Waals surface area contributed by atoms with Crippen LogP contribution in [0.1, 0.15) is 22.0 Å². The lowest BCUT2D eigenvalue weighted by Crippen LogP contribution is -2.23. The lowest BCUT2D eigenvalue weighted by Gasteiger charge is -2.12. The van der Waals surface area contributed by atoms with Crippen molar-refractivity contribution in [3.05, 3.63) is 98.7 Å². The van der Waals surface area contributed by atoms with Gasteiger partial charge in [0.25, 0.3) is 5.56 Å². The summed E-state index contributed by atoms with van der Waals surface area (Å²) in [5.41, 5.74) is 2.68. The average molecular weight is 476 g/mol. The molecule has 1 aliphatic rings. The highest BCUT2D eigenvalue weighted by Crippen LogP contribution is 2.42. The average Bonchev–Trinajstić information content (AvgIpc) is 3.60. The Morgan fingerprint density at radius 3 is 2.48 bits per heavy atom. The molecule has 0 bridgehead atoms. The van der Waals surface area contributed by atoms with Crippen LogP contribution in [0.25, 0.3) is 22.0 Å². The second-order valence-corrected chi connectivity index (χ2v) is 8.29. The van der Waals surface area contributed by atoms with Gasteiger partial charge in [-0.3, -0.25) is 9.59 Å². The second kappa shape index (κ2) is 7.80. The maximum atomic E-state index is 13.5. The van der Waals surface area contributed by atoms with E-state index < -0.39 is 11.7 Å². The number of fused-ring (bicyclic) bond motifs is 1. The molecule has 1 fully saturated rings. The van der Waals surface area contributed by atoms with Crippen LogP contribution in [-0.4, -0.2) is 24.0 Å². The summed E-state index contributed by atoms with van der Waals surface area (Å²) in [6.45, 7) is 0. The molecule has 2 atom stereocenters. The van der Waals surface area contributed by atoms with Crippen molar-refractivity contribution >= 4 is 32.6 Å². The topological polar surface area (TPSA) is 71.7 Å². The number of aromatic amines is 1. The number of methoxy groups -OCH3 is 1. The first kappa shape index (κ1) is 19.7. The molecule has 4 aromatic rings. The van der Waals surface area contributed by atoms with Crippen LogP contribution < -0.4 is 10.3 Å². The van der Waals surface area contributed by atoms with Gasteiger partial charge in [-0.1, -0.05) is 58.4 Å². The van der Waals surface area contributed by atoms with Crippen molar-refractivity contribution in [1.82, 2.24) is 4.98 Å². The molecule has 0 saturated carbocycles. The van der Waals surface area contributed by atoms with E-state index in [2.05, 4.69) is 20.9 Å². The van der Waals surface area contributed by atoms with Crippen molar-refractivity contribution in [3.63, 3.8) is 0 Å². The van der Waals surface area contributed by atoms with Crippen molar-refractivity contribution in [2.24, 2.45) is 0 Å². The van der Waals surface area contributed by atoms with Gasteiger partial charge in [-0.25, -0.2) is 0 Å². The van der Waals surface area contributed by atoms with Gasteiger partial charge in [-0.05, 0) is 41.5 Å². The number of ketones is 1. The Morgan fingerprint density at radius 2 is 1.77 bits per heavy atom. The first-order valence-corrected chi connectivity index (χ1v) is 10.6. The molecule has 5 rings (SSSR count). The van der Waals surface area contributed by atoms with Gasteiger partial charge in [0.05, 0.1) is 12.7 Å². The molecule has 0 amide bonds. The van der Waals surface area contributed by atoms with E-state index in [1.54, 1.807) is 7.11 Å². The van der Waals surface area contributed by atoms with Crippen molar-refractivity contribution in [2.45, 2.75) is 12.2 Å². The van der Waals surface area contributed by atoms with Gasteiger partial charge in [0.15, 0.2) is 6.10 Å². The first-order valence-electron chi connectivity index (χ1n) is 9.81. The molecule has 0 aliphatic carbocycles. The molecule has 1 aromatic heterocycles. The predicted molar refractivity (Wildman–Crippen MR) is 123 cm³/mol. The Morgan fingerprint density at radius 1 is 1.03 bits per heavy atom. The van der Waals surface area contributed by atoms with Crippen molar-refractivity contribution in [2.75, 3.05) is 7.11 Å². The Bertz CT molecular complexity index is 1350. The van der Waals surface area contributed by atoms with Gasteiger partial charge < -0.3 is 14.5 Å². The lowest BCUT2D eigenvalue weighted by molar-refractivity contribution is 0.0953. The fourth-order valence-corrected chi connectivity index (χ4v) is 4.27. The highest BCUT2D eigenvalue weighted by Gasteiger charge is 2.47. The van der Waals surface area contributed by atoms with Crippen LogP contribution in [0.15, 0.2) is 82.1 Å². The number of pyridine rings is 1. The molecule has 1 N–H and O–H groups in total. The Kier molecular flexibility index (Phi) is 4.96. The van der Waals surface area contributed by atoms with Crippen LogP contribution >= 0.6 is 15.9 Å². The molecule has 5 nitrogen and oxygen atoms in total. The third kappa shape index (κ3) is 3.58. The minimum Gasteiger partial charge on any atom is -0.497 e. The first-order chi connectivity index (χ1) is 15.1. The van der Waals surface area contributed by atoms with Crippen LogP contribution in [-0.2, 0) is 4.74 Å². The molecule has 2 heterocycles. The predicted octanol–water partition coefficient (Wildman–Crippen LogP) is 5.29.